The molecule has 0 saturated heterocycles. The van der Waals surface area contributed by atoms with Crippen LogP contribution in [0.1, 0.15) is 42.3 Å². The molecule has 1 fully saturated rings. The maximum absolute atomic E-state index is 12.2. The van der Waals surface area contributed by atoms with Crippen molar-refractivity contribution < 1.29 is 9.90 Å². The minimum atomic E-state index is -0.424. The SMILES string of the molecule is CC1CCC(CO)(NC(=O)c2sccc2Br)CC1. The molecule has 0 bridgehead atoms. The molecule has 100 valence electrons. The van der Waals surface area contributed by atoms with Crippen LogP contribution in [0.3, 0.4) is 0 Å². The minimum Gasteiger partial charge on any atom is -0.394 e. The molecule has 1 aliphatic carbocycles. The van der Waals surface area contributed by atoms with E-state index >= 15 is 0 Å². The Bertz CT molecular complexity index is 424. The number of rotatable bonds is 3. The fourth-order valence-electron chi connectivity index (χ4n) is 2.39. The van der Waals surface area contributed by atoms with Crippen LogP contribution in [0.2, 0.25) is 0 Å². The molecule has 18 heavy (non-hydrogen) atoms. The smallest absolute Gasteiger partial charge is 0.263 e. The Hall–Kier alpha value is -0.390. The number of aliphatic hydroxyl groups excluding tert-OH is 1. The van der Waals surface area contributed by atoms with Crippen molar-refractivity contribution in [3.63, 3.8) is 0 Å². The van der Waals surface area contributed by atoms with Crippen LogP contribution in [0.4, 0.5) is 0 Å². The topological polar surface area (TPSA) is 49.3 Å². The lowest BCUT2D eigenvalue weighted by Gasteiger charge is -2.38. The summed E-state index contributed by atoms with van der Waals surface area (Å²) in [6.45, 7) is 2.24. The molecule has 2 rings (SSSR count). The molecule has 1 heterocycles. The summed E-state index contributed by atoms with van der Waals surface area (Å²) in [6, 6.07) is 1.87. The number of nitrogens with one attached hydrogen (secondary N) is 1. The fraction of sp³-hybridized carbons (Fsp3) is 0.615. The number of amides is 1. The summed E-state index contributed by atoms with van der Waals surface area (Å²) in [6.07, 6.45) is 3.84. The highest BCUT2D eigenvalue weighted by Crippen LogP contribution is 2.32. The van der Waals surface area contributed by atoms with Gasteiger partial charge in [-0.1, -0.05) is 6.92 Å². The van der Waals surface area contributed by atoms with Gasteiger partial charge in [0.15, 0.2) is 0 Å². The molecular formula is C13H18BrNO2S. The van der Waals surface area contributed by atoms with E-state index in [0.717, 1.165) is 30.2 Å². The molecule has 0 aliphatic heterocycles. The molecule has 2 N–H and O–H groups in total. The summed E-state index contributed by atoms with van der Waals surface area (Å²) in [5, 5.41) is 14.5. The molecule has 1 aromatic rings. The third-order valence-electron chi connectivity index (χ3n) is 3.74. The molecule has 1 amide bonds. The summed E-state index contributed by atoms with van der Waals surface area (Å²) in [4.78, 5) is 12.9. The minimum absolute atomic E-state index is 0.0223. The molecule has 0 aromatic carbocycles. The number of aliphatic hydroxyl groups is 1. The quantitative estimate of drug-likeness (QED) is 0.893. The Labute approximate surface area is 120 Å². The van der Waals surface area contributed by atoms with Crippen molar-refractivity contribution in [3.8, 4) is 0 Å². The van der Waals surface area contributed by atoms with Crippen molar-refractivity contribution in [2.75, 3.05) is 6.61 Å². The Morgan fingerprint density at radius 2 is 2.28 bits per heavy atom. The first-order chi connectivity index (χ1) is 8.56. The third-order valence-corrected chi connectivity index (χ3v) is 5.57. The molecule has 1 aromatic heterocycles. The standard InChI is InChI=1S/C13H18BrNO2S/c1-9-2-5-13(8-16,6-3-9)15-12(17)11-10(14)4-7-18-11/h4,7,9,16H,2-3,5-6,8H2,1H3,(H,15,17). The molecule has 0 unspecified atom stereocenters. The first-order valence-corrected chi connectivity index (χ1v) is 7.90. The van der Waals surface area contributed by atoms with Gasteiger partial charge in [-0.2, -0.15) is 0 Å². The van der Waals surface area contributed by atoms with Crippen molar-refractivity contribution >= 4 is 33.2 Å². The lowest BCUT2D eigenvalue weighted by atomic mass is 9.77. The first kappa shape index (κ1) is 14.0. The number of carbonyl (C=O) groups excluding carboxylic acids is 1. The highest BCUT2D eigenvalue weighted by atomic mass is 79.9. The number of carbonyl (C=O) groups is 1. The molecular weight excluding hydrogens is 314 g/mol. The van der Waals surface area contributed by atoms with E-state index in [2.05, 4.69) is 28.2 Å². The summed E-state index contributed by atoms with van der Waals surface area (Å²) < 4.78 is 0.822. The first-order valence-electron chi connectivity index (χ1n) is 6.23. The zero-order valence-corrected chi connectivity index (χ0v) is 12.8. The Morgan fingerprint density at radius 3 is 2.78 bits per heavy atom. The number of halogens is 1. The maximum atomic E-state index is 12.2. The van der Waals surface area contributed by atoms with E-state index < -0.39 is 5.54 Å². The lowest BCUT2D eigenvalue weighted by Crippen LogP contribution is -2.53. The van der Waals surface area contributed by atoms with E-state index in [4.69, 9.17) is 0 Å². The molecule has 5 heteroatoms. The van der Waals surface area contributed by atoms with Gasteiger partial charge in [-0.3, -0.25) is 4.79 Å². The van der Waals surface area contributed by atoms with Crippen LogP contribution in [0, 0.1) is 5.92 Å². The van der Waals surface area contributed by atoms with E-state index in [1.807, 2.05) is 11.4 Å². The van der Waals surface area contributed by atoms with Crippen molar-refractivity contribution in [2.45, 2.75) is 38.1 Å². The summed E-state index contributed by atoms with van der Waals surface area (Å²) in [5.74, 6) is 0.607. The van der Waals surface area contributed by atoms with Crippen LogP contribution in [0.15, 0.2) is 15.9 Å². The van der Waals surface area contributed by atoms with Gasteiger partial charge in [-0.05, 0) is 59.0 Å². The van der Waals surface area contributed by atoms with Crippen molar-refractivity contribution in [1.29, 1.82) is 0 Å². The molecule has 3 nitrogen and oxygen atoms in total. The van der Waals surface area contributed by atoms with Gasteiger partial charge < -0.3 is 10.4 Å². The molecule has 0 spiro atoms. The van der Waals surface area contributed by atoms with E-state index in [1.165, 1.54) is 11.3 Å². The average molecular weight is 332 g/mol. The number of thiophene rings is 1. The van der Waals surface area contributed by atoms with Gasteiger partial charge in [0, 0.05) is 4.47 Å². The van der Waals surface area contributed by atoms with Crippen LogP contribution in [0.25, 0.3) is 0 Å². The summed E-state index contributed by atoms with van der Waals surface area (Å²) >= 11 is 4.78. The number of hydrogen-bond acceptors (Lipinski definition) is 3. The van der Waals surface area contributed by atoms with E-state index in [1.54, 1.807) is 0 Å². The Balaban J connectivity index is 2.07. The van der Waals surface area contributed by atoms with Gasteiger partial charge in [0.1, 0.15) is 4.88 Å². The van der Waals surface area contributed by atoms with E-state index in [0.29, 0.717) is 10.8 Å². The van der Waals surface area contributed by atoms with Crippen molar-refractivity contribution in [1.82, 2.24) is 5.32 Å². The van der Waals surface area contributed by atoms with Crippen molar-refractivity contribution in [2.24, 2.45) is 5.92 Å². The van der Waals surface area contributed by atoms with Crippen molar-refractivity contribution in [3.05, 3.63) is 20.8 Å². The summed E-state index contributed by atoms with van der Waals surface area (Å²) in [7, 11) is 0. The molecule has 1 saturated carbocycles. The normalized spacial score (nSPS) is 28.1. The largest absolute Gasteiger partial charge is 0.394 e. The average Bonchev–Trinajstić information content (AvgIpc) is 2.79. The molecule has 1 aliphatic rings. The number of hydrogen-bond donors (Lipinski definition) is 2. The summed E-state index contributed by atoms with van der Waals surface area (Å²) in [5.41, 5.74) is -0.424. The van der Waals surface area contributed by atoms with Crippen LogP contribution >= 0.6 is 27.3 Å². The van der Waals surface area contributed by atoms with Gasteiger partial charge in [0.2, 0.25) is 0 Å². The van der Waals surface area contributed by atoms with Crippen LogP contribution in [-0.4, -0.2) is 23.2 Å². The predicted octanol–water partition coefficient (Wildman–Crippen LogP) is 3.18. The molecule has 0 atom stereocenters. The van der Waals surface area contributed by atoms with E-state index in [-0.39, 0.29) is 12.5 Å². The maximum Gasteiger partial charge on any atom is 0.263 e. The van der Waals surface area contributed by atoms with Gasteiger partial charge >= 0.3 is 0 Å². The predicted molar refractivity (Wildman–Crippen MR) is 76.9 cm³/mol. The Morgan fingerprint density at radius 1 is 1.61 bits per heavy atom. The zero-order chi connectivity index (χ0) is 13.2. The highest BCUT2D eigenvalue weighted by molar-refractivity contribution is 9.10. The fourth-order valence-corrected chi connectivity index (χ4v) is 3.84. The van der Waals surface area contributed by atoms with E-state index in [9.17, 15) is 9.90 Å². The second-order valence-corrected chi connectivity index (χ2v) is 6.94. The van der Waals surface area contributed by atoms with Crippen LogP contribution in [0.5, 0.6) is 0 Å². The Kier molecular flexibility index (Phi) is 4.45. The highest BCUT2D eigenvalue weighted by Gasteiger charge is 2.35. The van der Waals surface area contributed by atoms with Crippen LogP contribution < -0.4 is 5.32 Å². The van der Waals surface area contributed by atoms with Gasteiger partial charge in [-0.25, -0.2) is 0 Å². The zero-order valence-electron chi connectivity index (χ0n) is 10.4. The van der Waals surface area contributed by atoms with Gasteiger partial charge in [0.05, 0.1) is 12.1 Å². The second-order valence-electron chi connectivity index (χ2n) is 5.17. The molecule has 0 radical (unpaired) electrons. The van der Waals surface area contributed by atoms with Gasteiger partial charge in [-0.15, -0.1) is 11.3 Å². The monoisotopic (exact) mass is 331 g/mol. The lowest BCUT2D eigenvalue weighted by molar-refractivity contribution is 0.0720. The second kappa shape index (κ2) is 5.72. The van der Waals surface area contributed by atoms with Gasteiger partial charge in [0.25, 0.3) is 5.91 Å². The third kappa shape index (κ3) is 2.95. The van der Waals surface area contributed by atoms with Crippen LogP contribution in [-0.2, 0) is 0 Å².